The van der Waals surface area contributed by atoms with Crippen LogP contribution in [0.3, 0.4) is 0 Å². The van der Waals surface area contributed by atoms with Gasteiger partial charge in [-0.2, -0.15) is 0 Å². The number of hydrogen-bond acceptors (Lipinski definition) is 4. The van der Waals surface area contributed by atoms with Gasteiger partial charge in [0.25, 0.3) is 0 Å². The van der Waals surface area contributed by atoms with Crippen LogP contribution in [0.15, 0.2) is 35.9 Å². The van der Waals surface area contributed by atoms with Gasteiger partial charge in [-0.1, -0.05) is 32.1 Å². The lowest BCUT2D eigenvalue weighted by Gasteiger charge is -2.56. The van der Waals surface area contributed by atoms with E-state index in [2.05, 4.69) is 24.8 Å². The quantitative estimate of drug-likeness (QED) is 0.724. The molecule has 1 aliphatic heterocycles. The van der Waals surface area contributed by atoms with Gasteiger partial charge in [-0.15, -0.1) is 0 Å². The number of hydrogen-bond donors (Lipinski definition) is 1. The Morgan fingerprint density at radius 1 is 1.32 bits per heavy atom. The van der Waals surface area contributed by atoms with Gasteiger partial charge in [0.1, 0.15) is 5.82 Å². The SMILES string of the molecule is CC1(C)[C@H]2CC=C(COC[C@H](O)CN3CCO[C@@H](c4ccc(F)cc4)C3)[C@H]1C2. The molecule has 1 heterocycles. The molecule has 1 aromatic carbocycles. The fourth-order valence-electron chi connectivity index (χ4n) is 5.05. The zero-order chi connectivity index (χ0) is 19.7. The first-order valence-electron chi connectivity index (χ1n) is 10.5. The summed E-state index contributed by atoms with van der Waals surface area (Å²) in [6.07, 6.45) is 4.22. The number of benzene rings is 1. The molecule has 0 aromatic heterocycles. The highest BCUT2D eigenvalue weighted by Gasteiger charge is 2.50. The minimum atomic E-state index is -0.515. The molecular weight excluding hydrogens is 357 g/mol. The number of ether oxygens (including phenoxy) is 2. The number of halogens is 1. The van der Waals surface area contributed by atoms with E-state index in [1.807, 2.05) is 0 Å². The van der Waals surface area contributed by atoms with Gasteiger partial charge < -0.3 is 14.6 Å². The van der Waals surface area contributed by atoms with E-state index in [9.17, 15) is 9.50 Å². The Kier molecular flexibility index (Phi) is 5.88. The van der Waals surface area contributed by atoms with E-state index >= 15 is 0 Å². The lowest BCUT2D eigenvalue weighted by molar-refractivity contribution is -0.0545. The molecule has 28 heavy (non-hydrogen) atoms. The molecule has 0 unspecified atom stereocenters. The van der Waals surface area contributed by atoms with Crippen LogP contribution in [-0.4, -0.2) is 55.6 Å². The maximum absolute atomic E-state index is 13.1. The van der Waals surface area contributed by atoms with Gasteiger partial charge in [0, 0.05) is 19.6 Å². The van der Waals surface area contributed by atoms with Gasteiger partial charge >= 0.3 is 0 Å². The summed E-state index contributed by atoms with van der Waals surface area (Å²) in [6, 6.07) is 6.47. The third-order valence-electron chi connectivity index (χ3n) is 7.02. The minimum absolute atomic E-state index is 0.0799. The zero-order valence-corrected chi connectivity index (χ0v) is 16.9. The normalized spacial score (nSPS) is 30.4. The van der Waals surface area contributed by atoms with E-state index < -0.39 is 6.10 Å². The summed E-state index contributed by atoms with van der Waals surface area (Å²) in [4.78, 5) is 2.20. The van der Waals surface area contributed by atoms with Crippen LogP contribution in [0.2, 0.25) is 0 Å². The molecule has 4 nitrogen and oxygen atoms in total. The first-order valence-corrected chi connectivity index (χ1v) is 10.5. The van der Waals surface area contributed by atoms with Crippen LogP contribution < -0.4 is 0 Å². The van der Waals surface area contributed by atoms with Crippen LogP contribution in [0.1, 0.15) is 38.4 Å². The molecular formula is C23H32FNO3. The first kappa shape index (κ1) is 20.0. The highest BCUT2D eigenvalue weighted by molar-refractivity contribution is 5.23. The summed E-state index contributed by atoms with van der Waals surface area (Å²) in [6.45, 7) is 8.39. The molecule has 1 N–H and O–H groups in total. The lowest BCUT2D eigenvalue weighted by Crippen LogP contribution is -2.48. The van der Waals surface area contributed by atoms with Crippen molar-refractivity contribution in [2.75, 3.05) is 39.5 Å². The van der Waals surface area contributed by atoms with Crippen molar-refractivity contribution in [3.63, 3.8) is 0 Å². The van der Waals surface area contributed by atoms with Gasteiger partial charge in [-0.05, 0) is 53.4 Å². The van der Waals surface area contributed by atoms with Crippen LogP contribution in [0.4, 0.5) is 4.39 Å². The van der Waals surface area contributed by atoms with Crippen molar-refractivity contribution in [3.8, 4) is 0 Å². The number of rotatable bonds is 7. The maximum Gasteiger partial charge on any atom is 0.123 e. The van der Waals surface area contributed by atoms with Crippen LogP contribution in [-0.2, 0) is 9.47 Å². The van der Waals surface area contributed by atoms with E-state index in [1.165, 1.54) is 30.5 Å². The second-order valence-electron chi connectivity index (χ2n) is 9.16. The Morgan fingerprint density at radius 3 is 2.82 bits per heavy atom. The third-order valence-corrected chi connectivity index (χ3v) is 7.02. The predicted molar refractivity (Wildman–Crippen MR) is 106 cm³/mol. The van der Waals surface area contributed by atoms with Crippen molar-refractivity contribution < 1.29 is 19.0 Å². The molecule has 5 rings (SSSR count). The molecule has 4 atom stereocenters. The second kappa shape index (κ2) is 8.23. The Morgan fingerprint density at radius 2 is 2.11 bits per heavy atom. The highest BCUT2D eigenvalue weighted by Crippen LogP contribution is 2.59. The van der Waals surface area contributed by atoms with Gasteiger partial charge in [-0.3, -0.25) is 4.90 Å². The summed E-state index contributed by atoms with van der Waals surface area (Å²) in [5.74, 6) is 1.25. The molecule has 1 saturated carbocycles. The molecule has 5 heteroatoms. The molecule has 0 radical (unpaired) electrons. The molecule has 4 aliphatic rings. The fraction of sp³-hybridized carbons (Fsp3) is 0.652. The molecule has 0 amide bonds. The topological polar surface area (TPSA) is 41.9 Å². The van der Waals surface area contributed by atoms with Crippen molar-refractivity contribution >= 4 is 0 Å². The molecule has 2 bridgehead atoms. The molecule has 3 aliphatic carbocycles. The summed E-state index contributed by atoms with van der Waals surface area (Å²) in [5.41, 5.74) is 2.81. The Labute approximate surface area is 167 Å². The number of fused-ring (bicyclic) bond motifs is 1. The maximum atomic E-state index is 13.1. The van der Waals surface area contributed by atoms with Crippen LogP contribution in [0.5, 0.6) is 0 Å². The molecule has 2 fully saturated rings. The number of nitrogens with zero attached hydrogens (tertiary/aromatic N) is 1. The average Bonchev–Trinajstić information content (AvgIpc) is 2.68. The fourth-order valence-corrected chi connectivity index (χ4v) is 5.05. The highest BCUT2D eigenvalue weighted by atomic mass is 19.1. The third kappa shape index (κ3) is 4.18. The van der Waals surface area contributed by atoms with Crippen molar-refractivity contribution in [1.29, 1.82) is 0 Å². The van der Waals surface area contributed by atoms with E-state index in [0.29, 0.717) is 44.2 Å². The van der Waals surface area contributed by atoms with Gasteiger partial charge in [0.2, 0.25) is 0 Å². The van der Waals surface area contributed by atoms with Crippen LogP contribution >= 0.6 is 0 Å². The van der Waals surface area contributed by atoms with Crippen molar-refractivity contribution in [2.45, 2.75) is 38.9 Å². The number of β-amino-alcohol motifs (C(OH)–C–C–N with tert-alkyl or cyclic N) is 1. The Hall–Kier alpha value is -1.27. The Bertz CT molecular complexity index is 702. The average molecular weight is 390 g/mol. The zero-order valence-electron chi connectivity index (χ0n) is 16.9. The summed E-state index contributed by atoms with van der Waals surface area (Å²) in [5, 5.41) is 10.4. The van der Waals surface area contributed by atoms with Crippen molar-refractivity contribution in [2.24, 2.45) is 17.3 Å². The summed E-state index contributed by atoms with van der Waals surface area (Å²) in [7, 11) is 0. The predicted octanol–water partition coefficient (Wildman–Crippen LogP) is 3.57. The number of aliphatic hydroxyl groups is 1. The number of aliphatic hydroxyl groups excluding tert-OH is 1. The standard InChI is InChI=1S/C23H32FNO3/c1-23(2)18-6-3-17(21(23)11-18)14-27-15-20(26)12-25-9-10-28-22(13-25)16-4-7-19(24)8-5-16/h3-5,7-8,18,20-22,26H,6,9-15H2,1-2H3/t18-,20+,21+,22+/m0/s1. The minimum Gasteiger partial charge on any atom is -0.389 e. The smallest absolute Gasteiger partial charge is 0.123 e. The van der Waals surface area contributed by atoms with E-state index in [4.69, 9.17) is 9.47 Å². The van der Waals surface area contributed by atoms with Crippen LogP contribution in [0, 0.1) is 23.1 Å². The molecule has 1 saturated heterocycles. The largest absolute Gasteiger partial charge is 0.389 e. The molecule has 0 spiro atoms. The van der Waals surface area contributed by atoms with Gasteiger partial charge in [-0.25, -0.2) is 4.39 Å². The monoisotopic (exact) mass is 389 g/mol. The number of morpholine rings is 1. The van der Waals surface area contributed by atoms with Crippen molar-refractivity contribution in [3.05, 3.63) is 47.3 Å². The molecule has 154 valence electrons. The summed E-state index contributed by atoms with van der Waals surface area (Å²) < 4.78 is 24.8. The lowest BCUT2D eigenvalue weighted by atomic mass is 9.49. The van der Waals surface area contributed by atoms with E-state index in [-0.39, 0.29) is 11.9 Å². The van der Waals surface area contributed by atoms with Crippen LogP contribution in [0.25, 0.3) is 0 Å². The molecule has 1 aromatic rings. The van der Waals surface area contributed by atoms with E-state index in [1.54, 1.807) is 12.1 Å². The number of allylic oxidation sites excluding steroid dienone is 1. The summed E-state index contributed by atoms with van der Waals surface area (Å²) >= 11 is 0. The first-order chi connectivity index (χ1) is 13.4. The van der Waals surface area contributed by atoms with Gasteiger partial charge in [0.15, 0.2) is 0 Å². The van der Waals surface area contributed by atoms with E-state index in [0.717, 1.165) is 18.0 Å². The Balaban J connectivity index is 1.21. The van der Waals surface area contributed by atoms with Gasteiger partial charge in [0.05, 0.1) is 32.0 Å². The van der Waals surface area contributed by atoms with Crippen molar-refractivity contribution in [1.82, 2.24) is 4.90 Å². The second-order valence-corrected chi connectivity index (χ2v) is 9.16.